The number of hydrogen-bond acceptors (Lipinski definition) is 5. The highest BCUT2D eigenvalue weighted by atomic mass is 16.6. The summed E-state index contributed by atoms with van der Waals surface area (Å²) in [5.41, 5.74) is 4.36. The summed E-state index contributed by atoms with van der Waals surface area (Å²) in [5, 5.41) is 4.26. The van der Waals surface area contributed by atoms with Crippen LogP contribution in [0.25, 0.3) is 0 Å². The molecule has 4 atom stereocenters. The van der Waals surface area contributed by atoms with Gasteiger partial charge in [0, 0.05) is 11.8 Å². The van der Waals surface area contributed by atoms with Gasteiger partial charge < -0.3 is 14.3 Å². The molecule has 5 nitrogen and oxygen atoms in total. The zero-order valence-corrected chi connectivity index (χ0v) is 20.5. The van der Waals surface area contributed by atoms with E-state index in [1.807, 2.05) is 24.3 Å². The maximum atomic E-state index is 13.2. The van der Waals surface area contributed by atoms with Crippen molar-refractivity contribution in [2.75, 3.05) is 13.7 Å². The Bertz CT molecular complexity index is 1080. The number of oxime groups is 1. The van der Waals surface area contributed by atoms with Crippen LogP contribution in [-0.4, -0.2) is 25.2 Å². The summed E-state index contributed by atoms with van der Waals surface area (Å²) >= 11 is 0. The lowest BCUT2D eigenvalue weighted by molar-refractivity contribution is -0.125. The number of carbonyl (C=O) groups excluding carboxylic acids is 1. The molecule has 3 aliphatic rings. The number of benzene rings is 2. The molecule has 34 heavy (non-hydrogen) atoms. The second-order valence-electron chi connectivity index (χ2n) is 10.3. The number of methoxy groups -OCH3 is 1. The standard InChI is InChI=1S/C29H35NO4/c1-4-15-34-30-27-17-26-25-11-7-20-16-22(33-18-19-5-8-21(32-3)9-6-19)10-12-23(20)24(25)13-14-29(26,2)28(27)31/h5-6,8-10,12,16,24-26H,4,7,11,13-15,17-18H2,1-3H3/b30-27+/t24-,25-,26+,29+/m1/s1. The fourth-order valence-corrected chi connectivity index (χ4v) is 6.44. The summed E-state index contributed by atoms with van der Waals surface area (Å²) in [7, 11) is 1.68. The van der Waals surface area contributed by atoms with Crippen LogP contribution in [0.1, 0.15) is 68.6 Å². The molecule has 5 heteroatoms. The first-order valence-electron chi connectivity index (χ1n) is 12.7. The van der Waals surface area contributed by atoms with Crippen LogP contribution < -0.4 is 9.47 Å². The molecule has 0 amide bonds. The number of Topliss-reactive ketones (excluding diaryl/α,β-unsaturated/α-hetero) is 1. The molecule has 0 spiro atoms. The van der Waals surface area contributed by atoms with Crippen LogP contribution in [0.5, 0.6) is 11.5 Å². The van der Waals surface area contributed by atoms with Gasteiger partial charge in [-0.15, -0.1) is 0 Å². The second kappa shape index (κ2) is 9.44. The Kier molecular flexibility index (Phi) is 6.37. The van der Waals surface area contributed by atoms with E-state index >= 15 is 0 Å². The van der Waals surface area contributed by atoms with E-state index in [-0.39, 0.29) is 11.2 Å². The van der Waals surface area contributed by atoms with Gasteiger partial charge in [-0.25, -0.2) is 0 Å². The van der Waals surface area contributed by atoms with Crippen LogP contribution in [0.3, 0.4) is 0 Å². The van der Waals surface area contributed by atoms with Gasteiger partial charge in [0.1, 0.15) is 30.4 Å². The normalized spacial score (nSPS) is 28.7. The molecule has 0 saturated heterocycles. The largest absolute Gasteiger partial charge is 0.497 e. The highest BCUT2D eigenvalue weighted by molar-refractivity contribution is 6.43. The maximum absolute atomic E-state index is 13.2. The minimum absolute atomic E-state index is 0.222. The third-order valence-electron chi connectivity index (χ3n) is 8.32. The van der Waals surface area contributed by atoms with Crippen LogP contribution in [0.2, 0.25) is 0 Å². The molecule has 2 fully saturated rings. The molecule has 0 aliphatic heterocycles. The van der Waals surface area contributed by atoms with E-state index in [4.69, 9.17) is 14.3 Å². The van der Waals surface area contributed by atoms with E-state index in [1.165, 1.54) is 11.1 Å². The molecule has 2 saturated carbocycles. The van der Waals surface area contributed by atoms with Gasteiger partial charge in [-0.1, -0.05) is 37.2 Å². The van der Waals surface area contributed by atoms with E-state index in [1.54, 1.807) is 7.11 Å². The van der Waals surface area contributed by atoms with Crippen LogP contribution in [0, 0.1) is 17.3 Å². The summed E-state index contributed by atoms with van der Waals surface area (Å²) in [6, 6.07) is 14.6. The molecule has 0 unspecified atom stereocenters. The third-order valence-corrected chi connectivity index (χ3v) is 8.32. The Balaban J connectivity index is 1.29. The Morgan fingerprint density at radius 2 is 1.88 bits per heavy atom. The van der Waals surface area contributed by atoms with Crippen LogP contribution in [-0.2, 0) is 22.7 Å². The second-order valence-corrected chi connectivity index (χ2v) is 10.3. The molecule has 3 aliphatic carbocycles. The summed E-state index contributed by atoms with van der Waals surface area (Å²) in [4.78, 5) is 18.6. The number of nitrogens with zero attached hydrogens (tertiary/aromatic N) is 1. The van der Waals surface area contributed by atoms with Crippen LogP contribution in [0.15, 0.2) is 47.6 Å². The van der Waals surface area contributed by atoms with Gasteiger partial charge >= 0.3 is 0 Å². The average Bonchev–Trinajstić information content (AvgIpc) is 3.13. The molecule has 0 heterocycles. The van der Waals surface area contributed by atoms with Gasteiger partial charge in [-0.05, 0) is 90.8 Å². The summed E-state index contributed by atoms with van der Waals surface area (Å²) < 4.78 is 11.3. The lowest BCUT2D eigenvalue weighted by atomic mass is 9.55. The van der Waals surface area contributed by atoms with Gasteiger partial charge in [0.25, 0.3) is 0 Å². The number of rotatable bonds is 7. The minimum atomic E-state index is -0.283. The average molecular weight is 462 g/mol. The molecule has 0 aromatic heterocycles. The summed E-state index contributed by atoms with van der Waals surface area (Å²) in [5.74, 6) is 3.40. The van der Waals surface area contributed by atoms with E-state index in [0.717, 1.165) is 55.6 Å². The molecule has 0 N–H and O–H groups in total. The van der Waals surface area contributed by atoms with Crippen molar-refractivity contribution >= 4 is 11.5 Å². The lowest BCUT2D eigenvalue weighted by Gasteiger charge is -2.47. The van der Waals surface area contributed by atoms with E-state index < -0.39 is 0 Å². The summed E-state index contributed by atoms with van der Waals surface area (Å²) in [6.07, 6.45) is 5.81. The van der Waals surface area contributed by atoms with E-state index in [9.17, 15) is 4.79 Å². The van der Waals surface area contributed by atoms with Crippen molar-refractivity contribution in [3.8, 4) is 11.5 Å². The predicted molar refractivity (Wildman–Crippen MR) is 132 cm³/mol. The number of aryl methyl sites for hydroxylation is 1. The van der Waals surface area contributed by atoms with Crippen LogP contribution in [0.4, 0.5) is 0 Å². The van der Waals surface area contributed by atoms with Crippen molar-refractivity contribution in [3.63, 3.8) is 0 Å². The number of ketones is 1. The minimum Gasteiger partial charge on any atom is -0.497 e. The number of hydrogen-bond donors (Lipinski definition) is 0. The first-order valence-corrected chi connectivity index (χ1v) is 12.7. The molecular formula is C29H35NO4. The van der Waals surface area contributed by atoms with Gasteiger partial charge in [0.05, 0.1) is 7.11 Å². The van der Waals surface area contributed by atoms with Gasteiger partial charge in [-0.2, -0.15) is 0 Å². The fourth-order valence-electron chi connectivity index (χ4n) is 6.44. The smallest absolute Gasteiger partial charge is 0.186 e. The van der Waals surface area contributed by atoms with E-state index in [2.05, 4.69) is 37.2 Å². The first kappa shape index (κ1) is 22.9. The van der Waals surface area contributed by atoms with E-state index in [0.29, 0.717) is 36.7 Å². The zero-order chi connectivity index (χ0) is 23.7. The Hall–Kier alpha value is -2.82. The fraction of sp³-hybridized carbons (Fsp3) is 0.517. The lowest BCUT2D eigenvalue weighted by Crippen LogP contribution is -2.42. The zero-order valence-electron chi connectivity index (χ0n) is 20.5. The molecule has 180 valence electrons. The Labute approximate surface area is 202 Å². The Morgan fingerprint density at radius 3 is 2.65 bits per heavy atom. The first-order chi connectivity index (χ1) is 16.5. The van der Waals surface area contributed by atoms with Crippen LogP contribution >= 0.6 is 0 Å². The number of carbonyl (C=O) groups is 1. The van der Waals surface area contributed by atoms with Crippen molar-refractivity contribution in [3.05, 3.63) is 59.2 Å². The predicted octanol–water partition coefficient (Wildman–Crippen LogP) is 6.09. The molecule has 0 radical (unpaired) electrons. The van der Waals surface area contributed by atoms with Gasteiger partial charge in [-0.3, -0.25) is 4.79 Å². The Morgan fingerprint density at radius 1 is 1.09 bits per heavy atom. The quantitative estimate of drug-likeness (QED) is 0.370. The van der Waals surface area contributed by atoms with Crippen molar-refractivity contribution in [1.29, 1.82) is 0 Å². The van der Waals surface area contributed by atoms with Gasteiger partial charge in [0.2, 0.25) is 0 Å². The highest BCUT2D eigenvalue weighted by Crippen LogP contribution is 2.59. The molecule has 2 aromatic rings. The van der Waals surface area contributed by atoms with Crippen molar-refractivity contribution in [2.45, 2.75) is 64.9 Å². The maximum Gasteiger partial charge on any atom is 0.186 e. The molecule has 2 aromatic carbocycles. The molecule has 5 rings (SSSR count). The number of ether oxygens (including phenoxy) is 2. The SMILES string of the molecule is CCCO/N=C1\C[C@H]2[C@@H]3CCc4cc(OCc5ccc(OC)cc5)ccc4[C@H]3CC[C@]2(C)C1=O. The third kappa shape index (κ3) is 4.10. The highest BCUT2D eigenvalue weighted by Gasteiger charge is 2.57. The van der Waals surface area contributed by atoms with Crippen molar-refractivity contribution in [2.24, 2.45) is 22.4 Å². The monoisotopic (exact) mass is 461 g/mol. The van der Waals surface area contributed by atoms with Gasteiger partial charge in [0.15, 0.2) is 5.78 Å². The topological polar surface area (TPSA) is 57.1 Å². The summed E-state index contributed by atoms with van der Waals surface area (Å²) in [6.45, 7) is 5.33. The van der Waals surface area contributed by atoms with Crippen molar-refractivity contribution < 1.29 is 19.1 Å². The molecular weight excluding hydrogens is 426 g/mol. The number of fused-ring (bicyclic) bond motifs is 5. The van der Waals surface area contributed by atoms with Crippen molar-refractivity contribution in [1.82, 2.24) is 0 Å². The molecule has 0 bridgehead atoms.